The van der Waals surface area contributed by atoms with Crippen LogP contribution in [0.25, 0.3) is 0 Å². The summed E-state index contributed by atoms with van der Waals surface area (Å²) in [6.07, 6.45) is 0.767. The Hall–Kier alpha value is -2.25. The van der Waals surface area contributed by atoms with E-state index in [1.165, 1.54) is 6.07 Å². The lowest BCUT2D eigenvalue weighted by molar-refractivity contribution is 0.504. The van der Waals surface area contributed by atoms with Crippen LogP contribution in [0.4, 0.5) is 8.78 Å². The van der Waals surface area contributed by atoms with Crippen molar-refractivity contribution in [1.29, 1.82) is 5.26 Å². The van der Waals surface area contributed by atoms with Gasteiger partial charge in [-0.15, -0.1) is 0 Å². The summed E-state index contributed by atoms with van der Waals surface area (Å²) < 4.78 is 26.0. The Morgan fingerprint density at radius 2 is 1.80 bits per heavy atom. The fourth-order valence-corrected chi connectivity index (χ4v) is 1.94. The Bertz CT molecular complexity index is 606. The predicted octanol–water partition coefficient (Wildman–Crippen LogP) is 3.36. The molecule has 0 aliphatic rings. The molecule has 102 valence electrons. The molecule has 0 radical (unpaired) electrons. The minimum Gasteiger partial charge on any atom is -0.298 e. The maximum atomic E-state index is 13.2. The number of halogens is 2. The molecule has 0 aliphatic carbocycles. The van der Waals surface area contributed by atoms with Gasteiger partial charge >= 0.3 is 0 Å². The van der Waals surface area contributed by atoms with Gasteiger partial charge < -0.3 is 0 Å². The first kappa shape index (κ1) is 14.2. The smallest absolute Gasteiger partial charge is 0.159 e. The van der Waals surface area contributed by atoms with Crippen molar-refractivity contribution in [1.82, 2.24) is 5.32 Å². The third kappa shape index (κ3) is 3.62. The largest absolute Gasteiger partial charge is 0.298 e. The zero-order chi connectivity index (χ0) is 14.4. The van der Waals surface area contributed by atoms with E-state index in [4.69, 9.17) is 5.26 Å². The average Bonchev–Trinajstić information content (AvgIpc) is 2.48. The number of hydrogen-bond acceptors (Lipinski definition) is 2. The van der Waals surface area contributed by atoms with Crippen LogP contribution in [0.5, 0.6) is 0 Å². The SMILES string of the molecule is N#CC(NCCc1ccccc1)c1ccc(F)c(F)c1. The Labute approximate surface area is 116 Å². The number of nitrogens with zero attached hydrogens (tertiary/aromatic N) is 1. The Morgan fingerprint density at radius 3 is 2.45 bits per heavy atom. The van der Waals surface area contributed by atoms with Gasteiger partial charge in [0.1, 0.15) is 6.04 Å². The number of rotatable bonds is 5. The van der Waals surface area contributed by atoms with Crippen LogP contribution in [-0.2, 0) is 6.42 Å². The highest BCUT2D eigenvalue weighted by atomic mass is 19.2. The van der Waals surface area contributed by atoms with Crippen molar-refractivity contribution in [2.24, 2.45) is 0 Å². The Balaban J connectivity index is 1.96. The molecule has 0 aromatic heterocycles. The van der Waals surface area contributed by atoms with Crippen LogP contribution in [0.15, 0.2) is 48.5 Å². The highest BCUT2D eigenvalue weighted by molar-refractivity contribution is 5.25. The van der Waals surface area contributed by atoms with Gasteiger partial charge in [-0.2, -0.15) is 5.26 Å². The van der Waals surface area contributed by atoms with E-state index in [9.17, 15) is 8.78 Å². The summed E-state index contributed by atoms with van der Waals surface area (Å²) in [6.45, 7) is 0.585. The van der Waals surface area contributed by atoms with Gasteiger partial charge in [0, 0.05) is 6.54 Å². The summed E-state index contributed by atoms with van der Waals surface area (Å²) >= 11 is 0. The van der Waals surface area contributed by atoms with E-state index in [1.54, 1.807) is 0 Å². The van der Waals surface area contributed by atoms with Crippen molar-refractivity contribution in [2.45, 2.75) is 12.5 Å². The topological polar surface area (TPSA) is 35.8 Å². The van der Waals surface area contributed by atoms with Crippen molar-refractivity contribution < 1.29 is 8.78 Å². The summed E-state index contributed by atoms with van der Waals surface area (Å²) in [5, 5.41) is 12.1. The molecule has 0 spiro atoms. The van der Waals surface area contributed by atoms with Crippen molar-refractivity contribution in [2.75, 3.05) is 6.54 Å². The lowest BCUT2D eigenvalue weighted by Crippen LogP contribution is -2.22. The van der Waals surface area contributed by atoms with E-state index in [0.717, 1.165) is 24.1 Å². The zero-order valence-electron chi connectivity index (χ0n) is 10.8. The van der Waals surface area contributed by atoms with Gasteiger partial charge in [0.15, 0.2) is 11.6 Å². The van der Waals surface area contributed by atoms with Crippen molar-refractivity contribution in [3.8, 4) is 6.07 Å². The van der Waals surface area contributed by atoms with E-state index in [1.807, 2.05) is 30.3 Å². The molecule has 1 atom stereocenters. The summed E-state index contributed by atoms with van der Waals surface area (Å²) in [7, 11) is 0. The minimum atomic E-state index is -0.937. The summed E-state index contributed by atoms with van der Waals surface area (Å²) in [6, 6.07) is 14.8. The lowest BCUT2D eigenvalue weighted by atomic mass is 10.1. The average molecular weight is 272 g/mol. The van der Waals surface area contributed by atoms with Gasteiger partial charge in [0.25, 0.3) is 0 Å². The number of hydrogen-bond donors (Lipinski definition) is 1. The van der Waals surface area contributed by atoms with Gasteiger partial charge in [-0.25, -0.2) is 8.78 Å². The molecular formula is C16H14F2N2. The second kappa shape index (κ2) is 6.78. The molecule has 0 amide bonds. The zero-order valence-corrected chi connectivity index (χ0v) is 10.8. The van der Waals surface area contributed by atoms with Crippen LogP contribution in [0.1, 0.15) is 17.2 Å². The molecule has 0 saturated carbocycles. The maximum Gasteiger partial charge on any atom is 0.159 e. The normalized spacial score (nSPS) is 11.8. The first-order valence-corrected chi connectivity index (χ1v) is 6.32. The molecule has 2 aromatic carbocycles. The molecule has 4 heteroatoms. The van der Waals surface area contributed by atoms with Gasteiger partial charge in [0.2, 0.25) is 0 Å². The molecule has 0 fully saturated rings. The van der Waals surface area contributed by atoms with Gasteiger partial charge in [-0.1, -0.05) is 36.4 Å². The second-order valence-electron chi connectivity index (χ2n) is 4.43. The van der Waals surface area contributed by atoms with Crippen LogP contribution in [0, 0.1) is 23.0 Å². The van der Waals surface area contributed by atoms with Crippen LogP contribution >= 0.6 is 0 Å². The minimum absolute atomic E-state index is 0.430. The molecule has 0 aliphatic heterocycles. The molecule has 20 heavy (non-hydrogen) atoms. The standard InChI is InChI=1S/C16H14F2N2/c17-14-7-6-13(10-15(14)18)16(11-19)20-9-8-12-4-2-1-3-5-12/h1-7,10,16,20H,8-9H2. The maximum absolute atomic E-state index is 13.2. The van der Waals surface area contributed by atoms with E-state index in [-0.39, 0.29) is 0 Å². The molecule has 2 aromatic rings. The van der Waals surface area contributed by atoms with Crippen LogP contribution in [0.2, 0.25) is 0 Å². The monoisotopic (exact) mass is 272 g/mol. The number of nitriles is 1. The Morgan fingerprint density at radius 1 is 1.05 bits per heavy atom. The summed E-state index contributed by atoms with van der Waals surface area (Å²) in [5.74, 6) is -1.85. The van der Waals surface area contributed by atoms with Crippen LogP contribution in [0.3, 0.4) is 0 Å². The van der Waals surface area contributed by atoms with Gasteiger partial charge in [-0.3, -0.25) is 5.32 Å². The quantitative estimate of drug-likeness (QED) is 0.906. The second-order valence-corrected chi connectivity index (χ2v) is 4.43. The van der Waals surface area contributed by atoms with Gasteiger partial charge in [0.05, 0.1) is 6.07 Å². The van der Waals surface area contributed by atoms with Crippen LogP contribution < -0.4 is 5.32 Å². The van der Waals surface area contributed by atoms with Crippen molar-refractivity contribution in [3.63, 3.8) is 0 Å². The third-order valence-electron chi connectivity index (χ3n) is 3.01. The van der Waals surface area contributed by atoms with E-state index in [2.05, 4.69) is 11.4 Å². The lowest BCUT2D eigenvalue weighted by Gasteiger charge is -2.12. The van der Waals surface area contributed by atoms with E-state index >= 15 is 0 Å². The van der Waals surface area contributed by atoms with Gasteiger partial charge in [-0.05, 0) is 29.7 Å². The van der Waals surface area contributed by atoms with Crippen molar-refractivity contribution in [3.05, 3.63) is 71.3 Å². The third-order valence-corrected chi connectivity index (χ3v) is 3.01. The highest BCUT2D eigenvalue weighted by Crippen LogP contribution is 2.15. The molecule has 1 N–H and O–H groups in total. The predicted molar refractivity (Wildman–Crippen MR) is 72.9 cm³/mol. The first-order chi connectivity index (χ1) is 9.70. The molecule has 2 nitrogen and oxygen atoms in total. The van der Waals surface area contributed by atoms with E-state index in [0.29, 0.717) is 12.1 Å². The van der Waals surface area contributed by atoms with E-state index < -0.39 is 17.7 Å². The molecule has 0 heterocycles. The molecule has 1 unspecified atom stereocenters. The fourth-order valence-electron chi connectivity index (χ4n) is 1.94. The fraction of sp³-hybridized carbons (Fsp3) is 0.188. The summed E-state index contributed by atoms with van der Waals surface area (Å²) in [5.41, 5.74) is 1.58. The molecule has 0 bridgehead atoms. The number of nitrogens with one attached hydrogen (secondary N) is 1. The highest BCUT2D eigenvalue weighted by Gasteiger charge is 2.12. The molecule has 2 rings (SSSR count). The summed E-state index contributed by atoms with van der Waals surface area (Å²) in [4.78, 5) is 0. The first-order valence-electron chi connectivity index (χ1n) is 6.32. The van der Waals surface area contributed by atoms with Crippen molar-refractivity contribution >= 4 is 0 Å². The van der Waals surface area contributed by atoms with Crippen LogP contribution in [-0.4, -0.2) is 6.54 Å². The molecule has 0 saturated heterocycles. The Kier molecular flexibility index (Phi) is 4.80. The molecular weight excluding hydrogens is 258 g/mol. The number of benzene rings is 2.